The lowest BCUT2D eigenvalue weighted by Crippen LogP contribution is -2.23. The van der Waals surface area contributed by atoms with Crippen molar-refractivity contribution in [1.82, 2.24) is 0 Å². The van der Waals surface area contributed by atoms with E-state index in [1.807, 2.05) is 36.4 Å². The first-order valence-corrected chi connectivity index (χ1v) is 7.54. The van der Waals surface area contributed by atoms with Crippen molar-refractivity contribution in [2.24, 2.45) is 11.8 Å². The summed E-state index contributed by atoms with van der Waals surface area (Å²) in [5, 5.41) is 0. The molecule has 90 valence electrons. The zero-order valence-electron chi connectivity index (χ0n) is 9.31. The molecule has 1 fully saturated rings. The van der Waals surface area contributed by atoms with Crippen molar-refractivity contribution in [1.29, 1.82) is 0 Å². The molecule has 4 atom stereocenters. The predicted octanol–water partition coefficient (Wildman–Crippen LogP) is 2.52. The van der Waals surface area contributed by atoms with Crippen molar-refractivity contribution in [2.45, 2.75) is 18.0 Å². The van der Waals surface area contributed by atoms with E-state index in [4.69, 9.17) is 0 Å². The highest BCUT2D eigenvalue weighted by atomic mass is 31.2. The van der Waals surface area contributed by atoms with E-state index >= 15 is 0 Å². The number of hydrogen-bond acceptors (Lipinski definition) is 1. The van der Waals surface area contributed by atoms with Crippen LogP contribution in [-0.2, 0) is 4.57 Å². The van der Waals surface area contributed by atoms with Gasteiger partial charge in [-0.1, -0.05) is 42.5 Å². The fourth-order valence-electron chi connectivity index (χ4n) is 3.37. The number of hydrogen-bond donors (Lipinski definition) is 2. The molecule has 4 heteroatoms. The summed E-state index contributed by atoms with van der Waals surface area (Å²) in [7, 11) is -4.03. The van der Waals surface area contributed by atoms with Gasteiger partial charge < -0.3 is 9.79 Å². The lowest BCUT2D eigenvalue weighted by molar-refractivity contribution is 0.342. The van der Waals surface area contributed by atoms with Crippen LogP contribution in [0, 0.1) is 11.8 Å². The molecule has 0 radical (unpaired) electrons. The second kappa shape index (κ2) is 3.81. The number of allylic oxidation sites excluding steroid dienone is 2. The third kappa shape index (κ3) is 1.79. The maximum Gasteiger partial charge on any atom is 0.329 e. The molecular weight excluding hydrogens is 235 g/mol. The summed E-state index contributed by atoms with van der Waals surface area (Å²) < 4.78 is 11.7. The highest BCUT2D eigenvalue weighted by Crippen LogP contribution is 2.62. The van der Waals surface area contributed by atoms with E-state index in [-0.39, 0.29) is 11.8 Å². The molecular formula is C13H15O3P. The number of benzene rings is 1. The van der Waals surface area contributed by atoms with Gasteiger partial charge in [0.25, 0.3) is 0 Å². The monoisotopic (exact) mass is 250 g/mol. The summed E-state index contributed by atoms with van der Waals surface area (Å²) in [6.45, 7) is 0. The fraction of sp³-hybridized carbons (Fsp3) is 0.385. The van der Waals surface area contributed by atoms with Gasteiger partial charge in [0.2, 0.25) is 0 Å². The lowest BCUT2D eigenvalue weighted by atomic mass is 9.86. The molecule has 0 aliphatic heterocycles. The first kappa shape index (κ1) is 11.2. The van der Waals surface area contributed by atoms with Crippen LogP contribution in [0.5, 0.6) is 0 Å². The van der Waals surface area contributed by atoms with E-state index in [0.29, 0.717) is 5.92 Å². The molecule has 2 aliphatic rings. The minimum absolute atomic E-state index is 0.0213. The Bertz CT molecular complexity index is 491. The van der Waals surface area contributed by atoms with Gasteiger partial charge in [-0.2, -0.15) is 0 Å². The smallest absolute Gasteiger partial charge is 0.324 e. The van der Waals surface area contributed by atoms with E-state index in [1.54, 1.807) is 0 Å². The molecule has 4 unspecified atom stereocenters. The second-order valence-corrected chi connectivity index (χ2v) is 6.74. The fourth-order valence-corrected chi connectivity index (χ4v) is 4.91. The van der Waals surface area contributed by atoms with Crippen molar-refractivity contribution in [3.63, 3.8) is 0 Å². The van der Waals surface area contributed by atoms with Gasteiger partial charge in [-0.25, -0.2) is 0 Å². The Balaban J connectivity index is 2.04. The summed E-state index contributed by atoms with van der Waals surface area (Å²) >= 11 is 0. The van der Waals surface area contributed by atoms with Gasteiger partial charge in [-0.15, -0.1) is 0 Å². The van der Waals surface area contributed by atoms with E-state index in [1.165, 1.54) is 0 Å². The summed E-state index contributed by atoms with van der Waals surface area (Å²) in [4.78, 5) is 19.1. The standard InChI is InChI=1S/C13H15O3P/c14-17(15,16)13-11-7-6-10(8-11)12(13)9-4-2-1-3-5-9/h1-7,10-13H,8H2,(H2,14,15,16). The van der Waals surface area contributed by atoms with Crippen molar-refractivity contribution in [3.8, 4) is 0 Å². The average molecular weight is 250 g/mol. The molecule has 0 amide bonds. The Kier molecular flexibility index (Phi) is 2.51. The molecule has 2 bridgehead atoms. The molecule has 0 spiro atoms. The van der Waals surface area contributed by atoms with Crippen molar-refractivity contribution >= 4 is 7.60 Å². The van der Waals surface area contributed by atoms with Crippen LogP contribution < -0.4 is 0 Å². The van der Waals surface area contributed by atoms with E-state index in [0.717, 1.165) is 12.0 Å². The zero-order valence-corrected chi connectivity index (χ0v) is 10.2. The van der Waals surface area contributed by atoms with Gasteiger partial charge in [0.05, 0.1) is 5.66 Å². The van der Waals surface area contributed by atoms with Crippen molar-refractivity contribution < 1.29 is 14.4 Å². The molecule has 3 rings (SSSR count). The third-order valence-corrected chi connectivity index (χ3v) is 5.47. The Labute approximate surface area is 100 Å². The molecule has 0 heterocycles. The van der Waals surface area contributed by atoms with Gasteiger partial charge in [-0.3, -0.25) is 4.57 Å². The maximum atomic E-state index is 11.7. The molecule has 2 aliphatic carbocycles. The molecule has 3 nitrogen and oxygen atoms in total. The number of rotatable bonds is 2. The summed E-state index contributed by atoms with van der Waals surface area (Å²) in [6.07, 6.45) is 4.98. The number of fused-ring (bicyclic) bond motifs is 2. The molecule has 2 N–H and O–H groups in total. The van der Waals surface area contributed by atoms with Crippen LogP contribution in [0.15, 0.2) is 42.5 Å². The highest BCUT2D eigenvalue weighted by molar-refractivity contribution is 7.52. The van der Waals surface area contributed by atoms with Crippen molar-refractivity contribution in [2.75, 3.05) is 0 Å². The van der Waals surface area contributed by atoms with Gasteiger partial charge in [0, 0.05) is 5.92 Å². The minimum Gasteiger partial charge on any atom is -0.324 e. The minimum atomic E-state index is -4.03. The zero-order chi connectivity index (χ0) is 12.0. The van der Waals surface area contributed by atoms with Crippen LogP contribution in [0.2, 0.25) is 0 Å². The first-order chi connectivity index (χ1) is 8.07. The van der Waals surface area contributed by atoms with Crippen LogP contribution >= 0.6 is 7.60 Å². The average Bonchev–Trinajstić information content (AvgIpc) is 2.88. The third-order valence-electron chi connectivity index (χ3n) is 3.99. The van der Waals surface area contributed by atoms with Gasteiger partial charge in [0.1, 0.15) is 0 Å². The van der Waals surface area contributed by atoms with E-state index in [9.17, 15) is 14.4 Å². The van der Waals surface area contributed by atoms with E-state index in [2.05, 4.69) is 6.08 Å². The summed E-state index contributed by atoms with van der Waals surface area (Å²) in [6, 6.07) is 9.74. The van der Waals surface area contributed by atoms with Gasteiger partial charge >= 0.3 is 7.60 Å². The van der Waals surface area contributed by atoms with Crippen LogP contribution in [0.25, 0.3) is 0 Å². The Morgan fingerprint density at radius 1 is 1.06 bits per heavy atom. The first-order valence-electron chi connectivity index (χ1n) is 5.86. The largest absolute Gasteiger partial charge is 0.329 e. The summed E-state index contributed by atoms with van der Waals surface area (Å²) in [5.74, 6) is 0.318. The molecule has 1 saturated carbocycles. The predicted molar refractivity (Wildman–Crippen MR) is 65.8 cm³/mol. The van der Waals surface area contributed by atoms with Crippen LogP contribution in [0.4, 0.5) is 0 Å². The molecule has 1 aromatic rings. The second-order valence-electron chi connectivity index (χ2n) is 4.96. The van der Waals surface area contributed by atoms with Gasteiger partial charge in [0.15, 0.2) is 0 Å². The molecule has 1 aromatic carbocycles. The molecule has 0 aromatic heterocycles. The topological polar surface area (TPSA) is 57.5 Å². The molecule has 17 heavy (non-hydrogen) atoms. The quantitative estimate of drug-likeness (QED) is 0.626. The van der Waals surface area contributed by atoms with Crippen molar-refractivity contribution in [3.05, 3.63) is 48.0 Å². The van der Waals surface area contributed by atoms with Crippen LogP contribution in [0.1, 0.15) is 17.9 Å². The lowest BCUT2D eigenvalue weighted by Gasteiger charge is -2.28. The van der Waals surface area contributed by atoms with E-state index < -0.39 is 13.3 Å². The molecule has 0 saturated heterocycles. The Morgan fingerprint density at radius 3 is 2.35 bits per heavy atom. The summed E-state index contributed by atoms with van der Waals surface area (Å²) in [5.41, 5.74) is 0.526. The highest BCUT2D eigenvalue weighted by Gasteiger charge is 2.52. The SMILES string of the molecule is O=P(O)(O)C1C2C=CC(C2)C1c1ccccc1. The Morgan fingerprint density at radius 2 is 1.71 bits per heavy atom. The van der Waals surface area contributed by atoms with Crippen LogP contribution in [0.3, 0.4) is 0 Å². The maximum absolute atomic E-state index is 11.7. The van der Waals surface area contributed by atoms with Crippen LogP contribution in [-0.4, -0.2) is 15.4 Å². The Hall–Kier alpha value is -0.890. The van der Waals surface area contributed by atoms with Gasteiger partial charge in [-0.05, 0) is 23.8 Å². The normalized spacial score (nSPS) is 35.4.